The van der Waals surface area contributed by atoms with Gasteiger partial charge in [-0.15, -0.1) is 0 Å². The molecule has 1 amide bonds. The first-order valence-electron chi connectivity index (χ1n) is 8.78. The second-order valence-corrected chi connectivity index (χ2v) is 6.82. The molecule has 2 aliphatic rings. The Morgan fingerprint density at radius 3 is 2.55 bits per heavy atom. The lowest BCUT2D eigenvalue weighted by atomic mass is 9.83. The van der Waals surface area contributed by atoms with Gasteiger partial charge >= 0.3 is 0 Å². The molecule has 3 heteroatoms. The Kier molecular flexibility index (Phi) is 6.85. The number of unbranched alkanes of at least 4 members (excludes halogenated alkanes) is 1. The summed E-state index contributed by atoms with van der Waals surface area (Å²) in [6.07, 6.45) is 12.1. The van der Waals surface area contributed by atoms with Crippen LogP contribution < -0.4 is 10.6 Å². The van der Waals surface area contributed by atoms with Crippen molar-refractivity contribution in [3.63, 3.8) is 0 Å². The number of carbonyl (C=O) groups is 1. The molecule has 1 aliphatic heterocycles. The maximum absolute atomic E-state index is 12.0. The fourth-order valence-electron chi connectivity index (χ4n) is 3.68. The molecule has 1 saturated heterocycles. The Morgan fingerprint density at radius 1 is 1.10 bits per heavy atom. The van der Waals surface area contributed by atoms with E-state index in [4.69, 9.17) is 0 Å². The molecule has 116 valence electrons. The van der Waals surface area contributed by atoms with Crippen LogP contribution in [0.25, 0.3) is 0 Å². The molecule has 0 aromatic carbocycles. The van der Waals surface area contributed by atoms with E-state index < -0.39 is 0 Å². The first-order valence-corrected chi connectivity index (χ1v) is 8.78. The Balaban J connectivity index is 1.56. The Morgan fingerprint density at radius 2 is 1.90 bits per heavy atom. The summed E-state index contributed by atoms with van der Waals surface area (Å²) in [4.78, 5) is 12.0. The Hall–Kier alpha value is -0.570. The van der Waals surface area contributed by atoms with Crippen molar-refractivity contribution in [3.8, 4) is 0 Å². The van der Waals surface area contributed by atoms with Gasteiger partial charge in [0, 0.05) is 12.5 Å². The van der Waals surface area contributed by atoms with E-state index in [1.165, 1.54) is 51.4 Å². The summed E-state index contributed by atoms with van der Waals surface area (Å²) in [7, 11) is 0. The second kappa shape index (κ2) is 8.66. The monoisotopic (exact) mass is 280 g/mol. The number of carbonyl (C=O) groups excluding carboxylic acids is 1. The maximum Gasteiger partial charge on any atom is 0.220 e. The highest BCUT2D eigenvalue weighted by Gasteiger charge is 2.22. The minimum Gasteiger partial charge on any atom is -0.353 e. The summed E-state index contributed by atoms with van der Waals surface area (Å²) in [5.41, 5.74) is 0. The van der Waals surface area contributed by atoms with E-state index >= 15 is 0 Å². The standard InChI is InChI=1S/C17H32N2O/c1-2-3-4-14-5-8-16(9-6-14)19-17(20)10-7-15-11-12-18-13-15/h14-16,18H,2-13H2,1H3,(H,19,20). The number of hydrogen-bond acceptors (Lipinski definition) is 2. The van der Waals surface area contributed by atoms with Gasteiger partial charge in [0.25, 0.3) is 0 Å². The molecule has 0 spiro atoms. The van der Waals surface area contributed by atoms with Crippen LogP contribution in [0.3, 0.4) is 0 Å². The molecule has 0 aromatic rings. The minimum atomic E-state index is 0.286. The summed E-state index contributed by atoms with van der Waals surface area (Å²) in [5, 5.41) is 6.63. The molecular formula is C17H32N2O. The van der Waals surface area contributed by atoms with Crippen molar-refractivity contribution >= 4 is 5.91 Å². The molecule has 1 heterocycles. The SMILES string of the molecule is CCCCC1CCC(NC(=O)CCC2CCNC2)CC1. The van der Waals surface area contributed by atoms with E-state index in [1.54, 1.807) is 0 Å². The van der Waals surface area contributed by atoms with E-state index in [9.17, 15) is 4.79 Å². The second-order valence-electron chi connectivity index (χ2n) is 6.82. The van der Waals surface area contributed by atoms with Gasteiger partial charge < -0.3 is 10.6 Å². The largest absolute Gasteiger partial charge is 0.353 e. The molecule has 0 bridgehead atoms. The van der Waals surface area contributed by atoms with Crippen LogP contribution in [0.15, 0.2) is 0 Å². The summed E-state index contributed by atoms with van der Waals surface area (Å²) in [5.74, 6) is 1.94. The van der Waals surface area contributed by atoms with E-state index in [2.05, 4.69) is 17.6 Å². The summed E-state index contributed by atoms with van der Waals surface area (Å²) in [6, 6.07) is 0.460. The van der Waals surface area contributed by atoms with Crippen molar-refractivity contribution in [1.29, 1.82) is 0 Å². The van der Waals surface area contributed by atoms with Crippen LogP contribution in [0.4, 0.5) is 0 Å². The third-order valence-corrected chi connectivity index (χ3v) is 5.12. The van der Waals surface area contributed by atoms with Crippen LogP contribution in [-0.2, 0) is 4.79 Å². The number of nitrogens with one attached hydrogen (secondary N) is 2. The highest BCUT2D eigenvalue weighted by Crippen LogP contribution is 2.28. The smallest absolute Gasteiger partial charge is 0.220 e. The highest BCUT2D eigenvalue weighted by molar-refractivity contribution is 5.76. The zero-order valence-corrected chi connectivity index (χ0v) is 13.1. The number of hydrogen-bond donors (Lipinski definition) is 2. The third kappa shape index (κ3) is 5.43. The van der Waals surface area contributed by atoms with Gasteiger partial charge in [-0.2, -0.15) is 0 Å². The van der Waals surface area contributed by atoms with Gasteiger partial charge in [-0.3, -0.25) is 4.79 Å². The van der Waals surface area contributed by atoms with Crippen molar-refractivity contribution in [2.24, 2.45) is 11.8 Å². The first kappa shape index (κ1) is 15.8. The van der Waals surface area contributed by atoms with Crippen LogP contribution in [0.2, 0.25) is 0 Å². The fraction of sp³-hybridized carbons (Fsp3) is 0.941. The molecule has 1 saturated carbocycles. The lowest BCUT2D eigenvalue weighted by Gasteiger charge is -2.29. The quantitative estimate of drug-likeness (QED) is 0.751. The van der Waals surface area contributed by atoms with Crippen molar-refractivity contribution in [3.05, 3.63) is 0 Å². The van der Waals surface area contributed by atoms with Crippen molar-refractivity contribution in [2.75, 3.05) is 13.1 Å². The average molecular weight is 280 g/mol. The zero-order valence-electron chi connectivity index (χ0n) is 13.1. The van der Waals surface area contributed by atoms with Gasteiger partial charge in [-0.05, 0) is 63.5 Å². The predicted molar refractivity (Wildman–Crippen MR) is 83.6 cm³/mol. The molecule has 1 aliphatic carbocycles. The van der Waals surface area contributed by atoms with Gasteiger partial charge in [-0.25, -0.2) is 0 Å². The molecule has 1 unspecified atom stereocenters. The normalized spacial score (nSPS) is 30.4. The van der Waals surface area contributed by atoms with Crippen LogP contribution in [0.5, 0.6) is 0 Å². The Bertz CT molecular complexity index is 279. The van der Waals surface area contributed by atoms with E-state index in [0.717, 1.165) is 37.8 Å². The van der Waals surface area contributed by atoms with E-state index in [-0.39, 0.29) is 5.91 Å². The fourth-order valence-corrected chi connectivity index (χ4v) is 3.68. The number of amides is 1. The maximum atomic E-state index is 12.0. The molecule has 2 rings (SSSR count). The zero-order chi connectivity index (χ0) is 14.2. The van der Waals surface area contributed by atoms with Crippen LogP contribution in [0.1, 0.15) is 71.1 Å². The third-order valence-electron chi connectivity index (χ3n) is 5.12. The summed E-state index contributed by atoms with van der Waals surface area (Å²) in [6.45, 7) is 4.51. The van der Waals surface area contributed by atoms with E-state index in [0.29, 0.717) is 6.04 Å². The number of rotatable bonds is 7. The predicted octanol–water partition coefficient (Wildman–Crippen LogP) is 3.24. The molecule has 3 nitrogen and oxygen atoms in total. The topological polar surface area (TPSA) is 41.1 Å². The van der Waals surface area contributed by atoms with Crippen LogP contribution in [-0.4, -0.2) is 25.0 Å². The molecule has 1 atom stereocenters. The average Bonchev–Trinajstić information content (AvgIpc) is 2.98. The van der Waals surface area contributed by atoms with Gasteiger partial charge in [0.1, 0.15) is 0 Å². The molecule has 0 radical (unpaired) electrons. The van der Waals surface area contributed by atoms with Crippen molar-refractivity contribution in [2.45, 2.75) is 77.2 Å². The lowest BCUT2D eigenvalue weighted by molar-refractivity contribution is -0.122. The van der Waals surface area contributed by atoms with Crippen LogP contribution >= 0.6 is 0 Å². The van der Waals surface area contributed by atoms with Gasteiger partial charge in [0.2, 0.25) is 5.91 Å². The van der Waals surface area contributed by atoms with E-state index in [1.807, 2.05) is 0 Å². The highest BCUT2D eigenvalue weighted by atomic mass is 16.1. The summed E-state index contributed by atoms with van der Waals surface area (Å²) >= 11 is 0. The van der Waals surface area contributed by atoms with Gasteiger partial charge in [0.05, 0.1) is 0 Å². The summed E-state index contributed by atoms with van der Waals surface area (Å²) < 4.78 is 0. The first-order chi connectivity index (χ1) is 9.78. The van der Waals surface area contributed by atoms with Gasteiger partial charge in [-0.1, -0.05) is 26.2 Å². The minimum absolute atomic E-state index is 0.286. The Labute approximate surface area is 124 Å². The molecule has 20 heavy (non-hydrogen) atoms. The van der Waals surface area contributed by atoms with Crippen LogP contribution in [0, 0.1) is 11.8 Å². The van der Waals surface area contributed by atoms with Crippen molar-refractivity contribution in [1.82, 2.24) is 10.6 Å². The molecule has 0 aromatic heterocycles. The van der Waals surface area contributed by atoms with Crippen molar-refractivity contribution < 1.29 is 4.79 Å². The lowest BCUT2D eigenvalue weighted by Crippen LogP contribution is -2.37. The van der Waals surface area contributed by atoms with Gasteiger partial charge in [0.15, 0.2) is 0 Å². The molecule has 2 fully saturated rings. The molecule has 2 N–H and O–H groups in total. The molecular weight excluding hydrogens is 248 g/mol.